The van der Waals surface area contributed by atoms with Crippen LogP contribution in [0.2, 0.25) is 0 Å². The first kappa shape index (κ1) is 10.1. The van der Waals surface area contributed by atoms with Crippen LogP contribution in [0.4, 0.5) is 0 Å². The van der Waals surface area contributed by atoms with E-state index in [4.69, 9.17) is 10.8 Å². The Morgan fingerprint density at radius 2 is 2.20 bits per heavy atom. The number of nitrogens with two attached hydrogens (primary N) is 1. The Hall–Kier alpha value is -1.45. The quantitative estimate of drug-likeness (QED) is 0.783. The van der Waals surface area contributed by atoms with E-state index in [0.29, 0.717) is 6.42 Å². The molecule has 0 aliphatic rings. The summed E-state index contributed by atoms with van der Waals surface area (Å²) in [5.41, 5.74) is 7.80. The first-order valence-electron chi connectivity index (χ1n) is 4.99. The molecule has 0 aliphatic carbocycles. The van der Waals surface area contributed by atoms with Crippen molar-refractivity contribution in [1.29, 1.82) is 0 Å². The molecule has 0 saturated carbocycles. The molecule has 1 aromatic carbocycles. The third kappa shape index (κ3) is 2.32. The van der Waals surface area contributed by atoms with Gasteiger partial charge < -0.3 is 10.8 Å². The van der Waals surface area contributed by atoms with Crippen LogP contribution < -0.4 is 5.73 Å². The SMILES string of the molecule is NC(CO)Cc1ccc2ncccc2c1. The fourth-order valence-electron chi connectivity index (χ4n) is 1.62. The van der Waals surface area contributed by atoms with Crippen LogP contribution in [0.1, 0.15) is 5.56 Å². The topological polar surface area (TPSA) is 59.1 Å². The molecule has 1 heterocycles. The lowest BCUT2D eigenvalue weighted by Crippen LogP contribution is -2.26. The van der Waals surface area contributed by atoms with Gasteiger partial charge in [-0.3, -0.25) is 4.98 Å². The smallest absolute Gasteiger partial charge is 0.0702 e. The van der Waals surface area contributed by atoms with Gasteiger partial charge in [0.2, 0.25) is 0 Å². The van der Waals surface area contributed by atoms with E-state index in [-0.39, 0.29) is 12.6 Å². The highest BCUT2D eigenvalue weighted by Gasteiger charge is 2.03. The maximum atomic E-state index is 8.87. The van der Waals surface area contributed by atoms with E-state index in [2.05, 4.69) is 11.1 Å². The fraction of sp³-hybridized carbons (Fsp3) is 0.250. The molecule has 0 bridgehead atoms. The van der Waals surface area contributed by atoms with Crippen molar-refractivity contribution in [2.24, 2.45) is 5.73 Å². The molecule has 3 N–H and O–H groups in total. The Kier molecular flexibility index (Phi) is 2.94. The minimum absolute atomic E-state index is 0.0189. The molecule has 15 heavy (non-hydrogen) atoms. The molecule has 3 heteroatoms. The van der Waals surface area contributed by atoms with Crippen LogP contribution >= 0.6 is 0 Å². The average molecular weight is 202 g/mol. The van der Waals surface area contributed by atoms with Gasteiger partial charge in [-0.2, -0.15) is 0 Å². The van der Waals surface area contributed by atoms with E-state index < -0.39 is 0 Å². The number of aliphatic hydroxyl groups excluding tert-OH is 1. The monoisotopic (exact) mass is 202 g/mol. The molecular weight excluding hydrogens is 188 g/mol. The zero-order valence-electron chi connectivity index (χ0n) is 8.43. The number of aromatic nitrogens is 1. The summed E-state index contributed by atoms with van der Waals surface area (Å²) in [6, 6.07) is 9.81. The number of aliphatic hydroxyl groups is 1. The molecular formula is C12H14N2O. The molecule has 2 rings (SSSR count). The van der Waals surface area contributed by atoms with Gasteiger partial charge in [-0.15, -0.1) is 0 Å². The normalized spacial score (nSPS) is 12.9. The molecule has 0 aliphatic heterocycles. The van der Waals surface area contributed by atoms with E-state index in [1.807, 2.05) is 24.3 Å². The minimum Gasteiger partial charge on any atom is -0.395 e. The molecule has 0 amide bonds. The highest BCUT2D eigenvalue weighted by atomic mass is 16.3. The van der Waals surface area contributed by atoms with Gasteiger partial charge in [0.05, 0.1) is 12.1 Å². The zero-order chi connectivity index (χ0) is 10.7. The summed E-state index contributed by atoms with van der Waals surface area (Å²) in [6.07, 6.45) is 2.47. The number of fused-ring (bicyclic) bond motifs is 1. The van der Waals surface area contributed by atoms with Crippen LogP contribution in [0.5, 0.6) is 0 Å². The predicted molar refractivity (Wildman–Crippen MR) is 60.5 cm³/mol. The van der Waals surface area contributed by atoms with Crippen LogP contribution in [0, 0.1) is 0 Å². The van der Waals surface area contributed by atoms with Crippen LogP contribution in [0.25, 0.3) is 10.9 Å². The molecule has 3 nitrogen and oxygen atoms in total. The second-order valence-electron chi connectivity index (χ2n) is 3.68. The van der Waals surface area contributed by atoms with E-state index >= 15 is 0 Å². The third-order valence-corrected chi connectivity index (χ3v) is 2.40. The van der Waals surface area contributed by atoms with Crippen molar-refractivity contribution in [2.75, 3.05) is 6.61 Å². The van der Waals surface area contributed by atoms with Gasteiger partial charge in [-0.25, -0.2) is 0 Å². The molecule has 1 atom stereocenters. The third-order valence-electron chi connectivity index (χ3n) is 2.40. The van der Waals surface area contributed by atoms with Crippen molar-refractivity contribution < 1.29 is 5.11 Å². The fourth-order valence-corrected chi connectivity index (χ4v) is 1.62. The minimum atomic E-state index is -0.181. The summed E-state index contributed by atoms with van der Waals surface area (Å²) in [5, 5.41) is 9.98. The zero-order valence-corrected chi connectivity index (χ0v) is 8.43. The van der Waals surface area contributed by atoms with Crippen molar-refractivity contribution in [2.45, 2.75) is 12.5 Å². The molecule has 0 radical (unpaired) electrons. The number of hydrogen-bond donors (Lipinski definition) is 2. The van der Waals surface area contributed by atoms with Crippen LogP contribution in [0.15, 0.2) is 36.5 Å². The highest BCUT2D eigenvalue weighted by Crippen LogP contribution is 2.14. The number of rotatable bonds is 3. The number of nitrogens with zero attached hydrogens (tertiary/aromatic N) is 1. The van der Waals surface area contributed by atoms with Crippen molar-refractivity contribution in [3.8, 4) is 0 Å². The number of pyridine rings is 1. The lowest BCUT2D eigenvalue weighted by atomic mass is 10.0. The summed E-state index contributed by atoms with van der Waals surface area (Å²) in [7, 11) is 0. The molecule has 78 valence electrons. The average Bonchev–Trinajstić information content (AvgIpc) is 2.29. The summed E-state index contributed by atoms with van der Waals surface area (Å²) in [6.45, 7) is 0.0189. The van der Waals surface area contributed by atoms with Gasteiger partial charge in [0.15, 0.2) is 0 Å². The van der Waals surface area contributed by atoms with Crippen molar-refractivity contribution in [1.82, 2.24) is 4.98 Å². The van der Waals surface area contributed by atoms with E-state index in [9.17, 15) is 0 Å². The van der Waals surface area contributed by atoms with Crippen molar-refractivity contribution in [3.63, 3.8) is 0 Å². The Labute approximate surface area is 88.6 Å². The first-order valence-corrected chi connectivity index (χ1v) is 4.99. The Balaban J connectivity index is 2.30. The second kappa shape index (κ2) is 4.38. The first-order chi connectivity index (χ1) is 7.29. The number of benzene rings is 1. The van der Waals surface area contributed by atoms with Crippen molar-refractivity contribution in [3.05, 3.63) is 42.1 Å². The molecule has 2 aromatic rings. The summed E-state index contributed by atoms with van der Waals surface area (Å²) in [5.74, 6) is 0. The summed E-state index contributed by atoms with van der Waals surface area (Å²) in [4.78, 5) is 4.24. The lowest BCUT2D eigenvalue weighted by Gasteiger charge is -2.08. The van der Waals surface area contributed by atoms with Gasteiger partial charge in [-0.05, 0) is 30.2 Å². The summed E-state index contributed by atoms with van der Waals surface area (Å²) >= 11 is 0. The molecule has 0 spiro atoms. The van der Waals surface area contributed by atoms with E-state index in [0.717, 1.165) is 16.5 Å². The Bertz CT molecular complexity index is 456. The maximum Gasteiger partial charge on any atom is 0.0702 e. The van der Waals surface area contributed by atoms with Gasteiger partial charge >= 0.3 is 0 Å². The predicted octanol–water partition coefficient (Wildman–Crippen LogP) is 1.10. The van der Waals surface area contributed by atoms with Gasteiger partial charge in [-0.1, -0.05) is 12.1 Å². The molecule has 0 saturated heterocycles. The van der Waals surface area contributed by atoms with Gasteiger partial charge in [0, 0.05) is 17.6 Å². The maximum absolute atomic E-state index is 8.87. The molecule has 1 unspecified atom stereocenters. The standard InChI is InChI=1S/C12H14N2O/c13-11(8-15)7-9-3-4-12-10(6-9)2-1-5-14-12/h1-6,11,15H,7-8,13H2. The van der Waals surface area contributed by atoms with Gasteiger partial charge in [0.25, 0.3) is 0 Å². The largest absolute Gasteiger partial charge is 0.395 e. The summed E-state index contributed by atoms with van der Waals surface area (Å²) < 4.78 is 0. The highest BCUT2D eigenvalue weighted by molar-refractivity contribution is 5.78. The van der Waals surface area contributed by atoms with E-state index in [1.54, 1.807) is 6.20 Å². The second-order valence-corrected chi connectivity index (χ2v) is 3.68. The lowest BCUT2D eigenvalue weighted by molar-refractivity contribution is 0.265. The number of hydrogen-bond acceptors (Lipinski definition) is 3. The van der Waals surface area contributed by atoms with Crippen LogP contribution in [0.3, 0.4) is 0 Å². The molecule has 0 fully saturated rings. The van der Waals surface area contributed by atoms with Crippen LogP contribution in [-0.4, -0.2) is 22.7 Å². The van der Waals surface area contributed by atoms with Crippen molar-refractivity contribution >= 4 is 10.9 Å². The van der Waals surface area contributed by atoms with Crippen LogP contribution in [-0.2, 0) is 6.42 Å². The van der Waals surface area contributed by atoms with Gasteiger partial charge in [0.1, 0.15) is 0 Å². The van der Waals surface area contributed by atoms with E-state index in [1.165, 1.54) is 0 Å². The Morgan fingerprint density at radius 1 is 1.33 bits per heavy atom. The molecule has 1 aromatic heterocycles. The Morgan fingerprint density at radius 3 is 3.00 bits per heavy atom.